The van der Waals surface area contributed by atoms with Gasteiger partial charge in [0.2, 0.25) is 0 Å². The van der Waals surface area contributed by atoms with Gasteiger partial charge in [0.1, 0.15) is 6.04 Å². The molecule has 0 aliphatic carbocycles. The van der Waals surface area contributed by atoms with Gasteiger partial charge >= 0.3 is 27.1 Å². The van der Waals surface area contributed by atoms with Crippen molar-refractivity contribution in [2.24, 2.45) is 11.7 Å². The number of hydrogen-bond acceptors (Lipinski definition) is 5. The van der Waals surface area contributed by atoms with Crippen molar-refractivity contribution in [1.82, 2.24) is 0 Å². The Kier molecular flexibility index (Phi) is 16.2. The average Bonchev–Trinajstić information content (AvgIpc) is 2.43. The lowest BCUT2D eigenvalue weighted by molar-refractivity contribution is -0.141. The highest BCUT2D eigenvalue weighted by Crippen LogP contribution is 2.36. The van der Waals surface area contributed by atoms with Gasteiger partial charge in [0.05, 0.1) is 18.2 Å². The molecule has 2 atom stereocenters. The first-order valence-corrected chi connectivity index (χ1v) is 10.7. The zero-order valence-electron chi connectivity index (χ0n) is 13.1. The molecule has 0 fully saturated rings. The second-order valence-electron chi connectivity index (χ2n) is 4.54. The maximum atomic E-state index is 10.3. The third kappa shape index (κ3) is 23.8. The lowest BCUT2D eigenvalue weighted by Crippen LogP contribution is -2.30. The molecule has 11 nitrogen and oxygen atoms in total. The molecule has 24 heavy (non-hydrogen) atoms. The minimum Gasteiger partial charge on any atom is -0.481 e. The van der Waals surface area contributed by atoms with E-state index in [9.17, 15) is 18.7 Å². The molecule has 0 aliphatic heterocycles. The van der Waals surface area contributed by atoms with Crippen LogP contribution in [-0.2, 0) is 18.7 Å². The summed E-state index contributed by atoms with van der Waals surface area (Å²) in [6.07, 6.45) is 0.431. The molecular formula is C10H24ClNO10P2. The highest BCUT2D eigenvalue weighted by molar-refractivity contribution is 7.52. The number of halogens is 1. The maximum Gasteiger partial charge on any atom is 0.325 e. The van der Waals surface area contributed by atoms with Crippen LogP contribution in [-0.4, -0.2) is 66.5 Å². The molecule has 0 saturated heterocycles. The van der Waals surface area contributed by atoms with Crippen LogP contribution in [0.4, 0.5) is 0 Å². The van der Waals surface area contributed by atoms with Gasteiger partial charge in [-0.1, -0.05) is 6.92 Å². The monoisotopic (exact) mass is 415 g/mol. The first-order valence-electron chi connectivity index (χ1n) is 6.34. The van der Waals surface area contributed by atoms with Crippen LogP contribution in [0.25, 0.3) is 0 Å². The Bertz CT molecular complexity index is 421. The molecule has 0 saturated carbocycles. The highest BCUT2D eigenvalue weighted by Gasteiger charge is 2.19. The molecule has 0 unspecified atom stereocenters. The molecule has 0 aromatic heterocycles. The zero-order valence-corrected chi connectivity index (χ0v) is 15.7. The molecule has 0 amide bonds. The van der Waals surface area contributed by atoms with Crippen molar-refractivity contribution in [2.45, 2.75) is 25.8 Å². The quantitative estimate of drug-likeness (QED) is 0.208. The van der Waals surface area contributed by atoms with Gasteiger partial charge in [-0.2, -0.15) is 0 Å². The van der Waals surface area contributed by atoms with Crippen LogP contribution in [0.15, 0.2) is 0 Å². The molecule has 0 aliphatic rings. The first kappa shape index (κ1) is 28.3. The summed E-state index contributed by atoms with van der Waals surface area (Å²) in [5.74, 6) is -2.97. The summed E-state index contributed by atoms with van der Waals surface area (Å²) in [5, 5.41) is 16.5. The van der Waals surface area contributed by atoms with Gasteiger partial charge < -0.3 is 35.5 Å². The summed E-state index contributed by atoms with van der Waals surface area (Å²) < 4.78 is 20.5. The second kappa shape index (κ2) is 13.7. The third-order valence-corrected chi connectivity index (χ3v) is 4.01. The number of carboxylic acid groups (broad SMARTS) is 2. The van der Waals surface area contributed by atoms with E-state index in [2.05, 4.69) is 11.6 Å². The van der Waals surface area contributed by atoms with Crippen LogP contribution < -0.4 is 5.73 Å². The predicted molar refractivity (Wildman–Crippen MR) is 87.2 cm³/mol. The van der Waals surface area contributed by atoms with Gasteiger partial charge in [0.25, 0.3) is 0 Å². The van der Waals surface area contributed by atoms with E-state index in [4.69, 9.17) is 35.5 Å². The average molecular weight is 416 g/mol. The van der Waals surface area contributed by atoms with Crippen LogP contribution in [0, 0.1) is 5.92 Å². The van der Waals surface area contributed by atoms with Gasteiger partial charge in [-0.25, -0.2) is 0 Å². The molecule has 0 aromatic carbocycles. The molecule has 0 spiro atoms. The molecule has 146 valence electrons. The number of hydrogen-bond donors (Lipinski definition) is 7. The van der Waals surface area contributed by atoms with Crippen molar-refractivity contribution in [1.29, 1.82) is 0 Å². The van der Waals surface area contributed by atoms with Crippen LogP contribution in [0.1, 0.15) is 19.8 Å². The van der Waals surface area contributed by atoms with Crippen LogP contribution in [0.5, 0.6) is 0 Å². The zero-order chi connectivity index (χ0) is 20.1. The van der Waals surface area contributed by atoms with E-state index in [1.54, 1.807) is 0 Å². The van der Waals surface area contributed by atoms with Crippen molar-refractivity contribution in [3.63, 3.8) is 0 Å². The molecule has 0 rings (SSSR count). The predicted octanol–water partition coefficient (Wildman–Crippen LogP) is 0.0960. The summed E-state index contributed by atoms with van der Waals surface area (Å²) in [7, 11) is -8.13. The Labute approximate surface area is 144 Å². The maximum absolute atomic E-state index is 10.3. The number of rotatable bonds is 8. The molecule has 8 N–H and O–H groups in total. The van der Waals surface area contributed by atoms with Gasteiger partial charge in [0, 0.05) is 6.38 Å². The smallest absolute Gasteiger partial charge is 0.325 e. The summed E-state index contributed by atoms with van der Waals surface area (Å²) in [5.41, 5.74) is 4.98. The second-order valence-corrected chi connectivity index (χ2v) is 8.09. The fourth-order valence-corrected chi connectivity index (χ4v) is 2.25. The van der Waals surface area contributed by atoms with Crippen molar-refractivity contribution < 1.29 is 48.5 Å². The minimum atomic E-state index is -4.10. The van der Waals surface area contributed by atoms with E-state index in [1.807, 2.05) is 0 Å². The van der Waals surface area contributed by atoms with Crippen LogP contribution in [0.3, 0.4) is 0 Å². The lowest BCUT2D eigenvalue weighted by Gasteiger charge is -2.06. The number of carbonyl (C=O) groups is 2. The van der Waals surface area contributed by atoms with Crippen molar-refractivity contribution in [3.8, 4) is 0 Å². The van der Waals surface area contributed by atoms with Gasteiger partial charge in [-0.3, -0.25) is 18.7 Å². The fraction of sp³-hybridized carbons (Fsp3) is 0.800. The summed E-state index contributed by atoms with van der Waals surface area (Å²) in [6, 6.07) is -1.19. The van der Waals surface area contributed by atoms with E-state index < -0.39 is 45.3 Å². The van der Waals surface area contributed by atoms with Gasteiger partial charge in [-0.15, -0.1) is 11.6 Å². The number of aliphatic carboxylic acids is 2. The first-order chi connectivity index (χ1) is 10.7. The van der Waals surface area contributed by atoms with Gasteiger partial charge in [0.15, 0.2) is 0 Å². The van der Waals surface area contributed by atoms with Crippen LogP contribution >= 0.6 is 26.8 Å². The van der Waals surface area contributed by atoms with E-state index in [1.165, 1.54) is 13.3 Å². The Morgan fingerprint density at radius 3 is 1.50 bits per heavy atom. The standard InChI is InChI=1S/C5H11O5P.C4H10NO5P.CH3Cl/c1-4(5(6)7)2-3-11(8,9)10;5-3(4(6)7)1-2-11(8,9)10;1-2/h4H,2-3H2,1H3,(H,6,7)(H2,8,9,10);3H,1-2,5H2,(H,6,7)(H2,8,9,10);1H3/t4-;3-;/m00./s1. The van der Waals surface area contributed by atoms with E-state index in [-0.39, 0.29) is 19.0 Å². The molecule has 0 aromatic rings. The number of alkyl halides is 1. The topological polar surface area (TPSA) is 216 Å². The van der Waals surface area contributed by atoms with Crippen molar-refractivity contribution in [2.75, 3.05) is 18.7 Å². The highest BCUT2D eigenvalue weighted by atomic mass is 35.5. The van der Waals surface area contributed by atoms with E-state index in [0.29, 0.717) is 0 Å². The van der Waals surface area contributed by atoms with E-state index >= 15 is 0 Å². The normalized spacial score (nSPS) is 13.5. The SMILES string of the molecule is CCl.C[C@@H](CCP(=O)(O)O)C(=O)O.N[C@@H](CCP(=O)(O)O)C(=O)O. The molecular weight excluding hydrogens is 392 g/mol. The minimum absolute atomic E-state index is 0.0135. The number of nitrogens with two attached hydrogens (primary N) is 1. The third-order valence-electron chi connectivity index (χ3n) is 2.32. The molecule has 0 heterocycles. The molecule has 0 bridgehead atoms. The molecule has 0 radical (unpaired) electrons. The van der Waals surface area contributed by atoms with Gasteiger partial charge in [-0.05, 0) is 12.8 Å². The number of carboxylic acids is 2. The van der Waals surface area contributed by atoms with E-state index in [0.717, 1.165) is 0 Å². The Morgan fingerprint density at radius 2 is 1.25 bits per heavy atom. The summed E-state index contributed by atoms with van der Waals surface area (Å²) in [4.78, 5) is 53.6. The van der Waals surface area contributed by atoms with Crippen molar-refractivity contribution in [3.05, 3.63) is 0 Å². The largest absolute Gasteiger partial charge is 0.481 e. The van der Waals surface area contributed by atoms with Crippen LogP contribution in [0.2, 0.25) is 0 Å². The Morgan fingerprint density at radius 1 is 0.917 bits per heavy atom. The van der Waals surface area contributed by atoms with Crippen molar-refractivity contribution >= 4 is 38.7 Å². The Balaban J connectivity index is -0.000000333. The summed E-state index contributed by atoms with van der Waals surface area (Å²) >= 11 is 4.64. The summed E-state index contributed by atoms with van der Waals surface area (Å²) in [6.45, 7) is 1.41. The lowest BCUT2D eigenvalue weighted by atomic mass is 10.1. The fourth-order valence-electron chi connectivity index (χ4n) is 0.916. The Hall–Kier alpha value is -0.510. The molecule has 14 heteroatoms.